The van der Waals surface area contributed by atoms with Gasteiger partial charge in [0.1, 0.15) is 0 Å². The Balaban J connectivity index is 2.45. The molecule has 2 nitrogen and oxygen atoms in total. The van der Waals surface area contributed by atoms with Gasteiger partial charge >= 0.3 is 0 Å². The molecule has 1 N–H and O–H groups in total. The van der Waals surface area contributed by atoms with Crippen LogP contribution < -0.4 is 5.32 Å². The third-order valence-corrected chi connectivity index (χ3v) is 3.94. The molecule has 2 heteroatoms. The van der Waals surface area contributed by atoms with Crippen LogP contribution in [0.4, 0.5) is 5.69 Å². The first-order chi connectivity index (χ1) is 10.1. The van der Waals surface area contributed by atoms with Gasteiger partial charge in [0.25, 0.3) is 5.91 Å². The third kappa shape index (κ3) is 3.33. The van der Waals surface area contributed by atoms with E-state index in [2.05, 4.69) is 39.1 Å². The molecule has 110 valence electrons. The lowest BCUT2D eigenvalue weighted by molar-refractivity contribution is -0.110. The highest BCUT2D eigenvalue weighted by Crippen LogP contribution is 2.32. The summed E-state index contributed by atoms with van der Waals surface area (Å²) in [6.45, 7) is 8.54. The van der Waals surface area contributed by atoms with Crippen LogP contribution in [0.1, 0.15) is 46.1 Å². The zero-order chi connectivity index (χ0) is 15.4. The maximum Gasteiger partial charge on any atom is 0.256 e. The maximum atomic E-state index is 12.1. The number of carbonyl (C=O) groups is 1. The van der Waals surface area contributed by atoms with Crippen LogP contribution >= 0.6 is 0 Å². The molecule has 0 aliphatic carbocycles. The minimum absolute atomic E-state index is 0.0119. The summed E-state index contributed by atoms with van der Waals surface area (Å²) < 4.78 is 0. The van der Waals surface area contributed by atoms with Crippen LogP contribution in [0.2, 0.25) is 0 Å². The fourth-order valence-electron chi connectivity index (χ4n) is 2.49. The number of allylic oxidation sites excluding steroid dienone is 5. The van der Waals surface area contributed by atoms with Crippen LogP contribution in [-0.2, 0) is 4.79 Å². The van der Waals surface area contributed by atoms with Gasteiger partial charge in [0.2, 0.25) is 0 Å². The lowest BCUT2D eigenvalue weighted by Crippen LogP contribution is -2.04. The van der Waals surface area contributed by atoms with Crippen molar-refractivity contribution in [2.24, 2.45) is 0 Å². The summed E-state index contributed by atoms with van der Waals surface area (Å²) in [5, 5.41) is 2.92. The normalized spacial score (nSPS) is 17.6. The molecule has 1 aliphatic rings. The van der Waals surface area contributed by atoms with Crippen molar-refractivity contribution in [3.63, 3.8) is 0 Å². The van der Waals surface area contributed by atoms with Gasteiger partial charge in [-0.1, -0.05) is 43.7 Å². The van der Waals surface area contributed by atoms with E-state index in [1.807, 2.05) is 30.3 Å². The van der Waals surface area contributed by atoms with Crippen molar-refractivity contribution in [2.45, 2.75) is 40.5 Å². The molecule has 0 fully saturated rings. The smallest absolute Gasteiger partial charge is 0.256 e. The summed E-state index contributed by atoms with van der Waals surface area (Å²) in [5.41, 5.74) is 6.47. The molecule has 0 saturated heterocycles. The van der Waals surface area contributed by atoms with Crippen molar-refractivity contribution in [1.82, 2.24) is 0 Å². The summed E-state index contributed by atoms with van der Waals surface area (Å²) in [6.07, 6.45) is 6.28. The highest BCUT2D eigenvalue weighted by molar-refractivity contribution is 6.31. The van der Waals surface area contributed by atoms with Gasteiger partial charge in [-0.2, -0.15) is 0 Å². The predicted molar refractivity (Wildman–Crippen MR) is 90.1 cm³/mol. The second-order valence-corrected chi connectivity index (χ2v) is 5.46. The number of hydrogen-bond donors (Lipinski definition) is 1. The van der Waals surface area contributed by atoms with Crippen LogP contribution in [0.5, 0.6) is 0 Å². The second-order valence-electron chi connectivity index (χ2n) is 5.46. The molecule has 2 rings (SSSR count). The zero-order valence-corrected chi connectivity index (χ0v) is 13.3. The van der Waals surface area contributed by atoms with Crippen LogP contribution in [0.3, 0.4) is 0 Å². The molecule has 1 amide bonds. The summed E-state index contributed by atoms with van der Waals surface area (Å²) >= 11 is 0. The Morgan fingerprint density at radius 1 is 1.14 bits per heavy atom. The third-order valence-electron chi connectivity index (χ3n) is 3.94. The van der Waals surface area contributed by atoms with E-state index in [1.54, 1.807) is 0 Å². The van der Waals surface area contributed by atoms with Gasteiger partial charge in [0.05, 0.1) is 0 Å². The minimum atomic E-state index is -0.0119. The lowest BCUT2D eigenvalue weighted by Gasteiger charge is -2.06. The molecule has 0 radical (unpaired) electrons. The fourth-order valence-corrected chi connectivity index (χ4v) is 2.49. The molecule has 1 heterocycles. The largest absolute Gasteiger partial charge is 0.321 e. The molecule has 1 aliphatic heterocycles. The van der Waals surface area contributed by atoms with Gasteiger partial charge in [-0.05, 0) is 50.0 Å². The van der Waals surface area contributed by atoms with Gasteiger partial charge in [-0.25, -0.2) is 0 Å². The Morgan fingerprint density at radius 2 is 1.86 bits per heavy atom. The number of amides is 1. The van der Waals surface area contributed by atoms with E-state index in [9.17, 15) is 4.79 Å². The van der Waals surface area contributed by atoms with E-state index in [4.69, 9.17) is 0 Å². The van der Waals surface area contributed by atoms with Crippen LogP contribution in [-0.4, -0.2) is 5.91 Å². The number of fused-ring (bicyclic) bond motifs is 1. The standard InChI is InChI=1S/C19H23NO/c1-5-13(3)11-15(6-2)14(4)12-17-16-9-7-8-10-18(16)20-19(17)21/h7-12H,5-6H2,1-4H3,(H,20,21)/b13-11+,15-14+,17-12-. The molecule has 0 saturated carbocycles. The molecule has 0 unspecified atom stereocenters. The van der Waals surface area contributed by atoms with Gasteiger partial charge in [-0.15, -0.1) is 0 Å². The highest BCUT2D eigenvalue weighted by atomic mass is 16.2. The molecule has 0 bridgehead atoms. The molecular weight excluding hydrogens is 258 g/mol. The van der Waals surface area contributed by atoms with Gasteiger partial charge in [0, 0.05) is 16.8 Å². The number of para-hydroxylation sites is 1. The summed E-state index contributed by atoms with van der Waals surface area (Å²) in [7, 11) is 0. The molecule has 21 heavy (non-hydrogen) atoms. The first kappa shape index (κ1) is 15.3. The van der Waals surface area contributed by atoms with Crippen molar-refractivity contribution in [2.75, 3.05) is 5.32 Å². The Hall–Kier alpha value is -2.09. The number of benzene rings is 1. The predicted octanol–water partition coefficient (Wildman–Crippen LogP) is 5.10. The van der Waals surface area contributed by atoms with E-state index in [-0.39, 0.29) is 5.91 Å². The minimum Gasteiger partial charge on any atom is -0.321 e. The Bertz CT molecular complexity index is 647. The monoisotopic (exact) mass is 281 g/mol. The Labute approximate surface area is 127 Å². The molecule has 0 atom stereocenters. The molecule has 1 aromatic carbocycles. The Kier molecular flexibility index (Phi) is 4.79. The van der Waals surface area contributed by atoms with E-state index >= 15 is 0 Å². The second kappa shape index (κ2) is 6.57. The molecule has 0 aromatic heterocycles. The van der Waals surface area contributed by atoms with Gasteiger partial charge in [0.15, 0.2) is 0 Å². The van der Waals surface area contributed by atoms with Crippen LogP contribution in [0.25, 0.3) is 5.57 Å². The summed E-state index contributed by atoms with van der Waals surface area (Å²) in [6, 6.07) is 7.84. The van der Waals surface area contributed by atoms with Crippen molar-refractivity contribution in [3.8, 4) is 0 Å². The average Bonchev–Trinajstić information content (AvgIpc) is 2.80. The van der Waals surface area contributed by atoms with Crippen LogP contribution in [0, 0.1) is 0 Å². The molecule has 0 spiro atoms. The van der Waals surface area contributed by atoms with E-state index in [0.29, 0.717) is 0 Å². The Morgan fingerprint density at radius 3 is 2.52 bits per heavy atom. The first-order valence-corrected chi connectivity index (χ1v) is 7.56. The van der Waals surface area contributed by atoms with Gasteiger partial charge in [-0.3, -0.25) is 4.79 Å². The number of anilines is 1. The van der Waals surface area contributed by atoms with E-state index < -0.39 is 0 Å². The van der Waals surface area contributed by atoms with Crippen LogP contribution in [0.15, 0.2) is 53.1 Å². The highest BCUT2D eigenvalue weighted by Gasteiger charge is 2.23. The summed E-state index contributed by atoms with van der Waals surface area (Å²) in [5.74, 6) is -0.0119. The van der Waals surface area contributed by atoms with Crippen molar-refractivity contribution in [1.29, 1.82) is 0 Å². The zero-order valence-electron chi connectivity index (χ0n) is 13.3. The topological polar surface area (TPSA) is 29.1 Å². The van der Waals surface area contributed by atoms with E-state index in [1.165, 1.54) is 11.1 Å². The van der Waals surface area contributed by atoms with Gasteiger partial charge < -0.3 is 5.32 Å². The van der Waals surface area contributed by atoms with Crippen molar-refractivity contribution in [3.05, 3.63) is 58.7 Å². The first-order valence-electron chi connectivity index (χ1n) is 7.56. The number of nitrogens with one attached hydrogen (secondary N) is 1. The molecule has 1 aromatic rings. The quantitative estimate of drug-likeness (QED) is 0.603. The average molecular weight is 281 g/mol. The number of rotatable bonds is 4. The fraction of sp³-hybridized carbons (Fsp3) is 0.316. The summed E-state index contributed by atoms with van der Waals surface area (Å²) in [4.78, 5) is 12.1. The lowest BCUT2D eigenvalue weighted by atomic mass is 9.99. The number of carbonyl (C=O) groups excluding carboxylic acids is 1. The maximum absolute atomic E-state index is 12.1. The van der Waals surface area contributed by atoms with Crippen molar-refractivity contribution < 1.29 is 4.79 Å². The van der Waals surface area contributed by atoms with Crippen molar-refractivity contribution >= 4 is 17.2 Å². The molecular formula is C19H23NO. The number of hydrogen-bond acceptors (Lipinski definition) is 1. The van der Waals surface area contributed by atoms with E-state index in [0.717, 1.165) is 35.2 Å². The SMILES string of the molecule is CC/C(C)=C/C(CC)=C(C)/C=C1\C(=O)Nc2ccccc21.